The minimum absolute atomic E-state index is 0.869. The highest BCUT2D eigenvalue weighted by Crippen LogP contribution is 2.28. The van der Waals surface area contributed by atoms with Gasteiger partial charge >= 0.3 is 0 Å². The second-order valence-corrected chi connectivity index (χ2v) is 4.48. The molecular weight excluding hydrogens is 200 g/mol. The average molecular weight is 220 g/mol. The summed E-state index contributed by atoms with van der Waals surface area (Å²) in [5.74, 6) is 0.871. The Bertz CT molecular complexity index is 323. The van der Waals surface area contributed by atoms with E-state index >= 15 is 0 Å². The molecule has 3 heteroatoms. The van der Waals surface area contributed by atoms with Crippen molar-refractivity contribution < 1.29 is 4.74 Å². The molecule has 1 aromatic heterocycles. The molecule has 1 heterocycles. The zero-order chi connectivity index (χ0) is 11.2. The van der Waals surface area contributed by atoms with Crippen molar-refractivity contribution >= 4 is 5.69 Å². The fraction of sp³-hybridized carbons (Fsp3) is 0.615. The summed E-state index contributed by atoms with van der Waals surface area (Å²) in [6.07, 6.45) is 5.64. The number of aromatic nitrogens is 1. The lowest BCUT2D eigenvalue weighted by atomic mass is 10.3. The van der Waals surface area contributed by atoms with Gasteiger partial charge in [0.05, 0.1) is 0 Å². The maximum Gasteiger partial charge on any atom is 0.0494 e. The first kappa shape index (κ1) is 11.4. The monoisotopic (exact) mass is 220 g/mol. The number of pyridine rings is 1. The highest BCUT2D eigenvalue weighted by molar-refractivity contribution is 5.42. The van der Waals surface area contributed by atoms with Crippen molar-refractivity contribution in [2.75, 3.05) is 25.1 Å². The molecule has 0 aromatic carbocycles. The van der Waals surface area contributed by atoms with Crippen LogP contribution in [0.4, 0.5) is 5.69 Å². The van der Waals surface area contributed by atoms with Crippen LogP contribution in [-0.4, -0.2) is 24.7 Å². The van der Waals surface area contributed by atoms with Gasteiger partial charge in [-0.05, 0) is 44.2 Å². The largest absolute Gasteiger partial charge is 0.385 e. The smallest absolute Gasteiger partial charge is 0.0494 e. The minimum atomic E-state index is 0.869. The third-order valence-electron chi connectivity index (χ3n) is 2.74. The van der Waals surface area contributed by atoms with Gasteiger partial charge in [-0.3, -0.25) is 4.98 Å². The average Bonchev–Trinajstić information content (AvgIpc) is 3.07. The molecule has 0 amide bonds. The Morgan fingerprint density at radius 3 is 3.12 bits per heavy atom. The molecule has 1 aliphatic rings. The summed E-state index contributed by atoms with van der Waals surface area (Å²) in [4.78, 5) is 4.16. The van der Waals surface area contributed by atoms with Gasteiger partial charge in [-0.15, -0.1) is 0 Å². The van der Waals surface area contributed by atoms with Gasteiger partial charge in [0.2, 0.25) is 0 Å². The minimum Gasteiger partial charge on any atom is -0.385 e. The van der Waals surface area contributed by atoms with E-state index in [-0.39, 0.29) is 0 Å². The fourth-order valence-electron chi connectivity index (χ4n) is 1.60. The summed E-state index contributed by atoms with van der Waals surface area (Å²) in [6.45, 7) is 4.81. The molecule has 0 spiro atoms. The van der Waals surface area contributed by atoms with Gasteiger partial charge in [0.15, 0.2) is 0 Å². The zero-order valence-electron chi connectivity index (χ0n) is 9.91. The number of nitrogens with zero attached hydrogens (tertiary/aromatic N) is 1. The molecular formula is C13H20N2O. The van der Waals surface area contributed by atoms with E-state index in [9.17, 15) is 0 Å². The number of nitrogens with one attached hydrogen (secondary N) is 1. The first-order valence-electron chi connectivity index (χ1n) is 6.09. The van der Waals surface area contributed by atoms with E-state index in [4.69, 9.17) is 4.74 Å². The van der Waals surface area contributed by atoms with E-state index < -0.39 is 0 Å². The van der Waals surface area contributed by atoms with Crippen LogP contribution in [0.5, 0.6) is 0 Å². The Labute approximate surface area is 97.2 Å². The molecule has 2 rings (SSSR count). The van der Waals surface area contributed by atoms with E-state index in [0.29, 0.717) is 0 Å². The summed E-state index contributed by atoms with van der Waals surface area (Å²) in [5.41, 5.74) is 2.20. The normalized spacial score (nSPS) is 15.1. The number of anilines is 1. The van der Waals surface area contributed by atoms with Crippen LogP contribution in [0.2, 0.25) is 0 Å². The van der Waals surface area contributed by atoms with Gasteiger partial charge in [0.1, 0.15) is 0 Å². The molecule has 1 N–H and O–H groups in total. The van der Waals surface area contributed by atoms with E-state index in [1.165, 1.54) is 12.8 Å². The Balaban J connectivity index is 1.53. The van der Waals surface area contributed by atoms with E-state index in [2.05, 4.69) is 16.4 Å². The van der Waals surface area contributed by atoms with Crippen molar-refractivity contribution in [3.8, 4) is 0 Å². The topological polar surface area (TPSA) is 34.1 Å². The predicted octanol–water partition coefficient (Wildman–Crippen LogP) is 2.62. The summed E-state index contributed by atoms with van der Waals surface area (Å²) < 4.78 is 5.57. The molecule has 0 saturated heterocycles. The van der Waals surface area contributed by atoms with Crippen LogP contribution in [0.15, 0.2) is 18.3 Å². The standard InChI is InChI=1S/C13H20N2O/c1-11-9-13(5-7-14-11)15-6-2-8-16-10-12-3-4-12/h5,7,9,12H,2-4,6,8,10H2,1H3,(H,14,15). The lowest BCUT2D eigenvalue weighted by molar-refractivity contribution is 0.124. The molecule has 16 heavy (non-hydrogen) atoms. The predicted molar refractivity (Wildman–Crippen MR) is 65.6 cm³/mol. The van der Waals surface area contributed by atoms with E-state index in [1.807, 2.05) is 19.2 Å². The second-order valence-electron chi connectivity index (χ2n) is 4.48. The van der Waals surface area contributed by atoms with Crippen LogP contribution in [-0.2, 0) is 4.74 Å². The maximum atomic E-state index is 5.57. The lowest BCUT2D eigenvalue weighted by Gasteiger charge is -2.07. The molecule has 0 aliphatic heterocycles. The third kappa shape index (κ3) is 4.19. The second kappa shape index (κ2) is 5.85. The molecule has 0 unspecified atom stereocenters. The number of aryl methyl sites for hydroxylation is 1. The Hall–Kier alpha value is -1.09. The van der Waals surface area contributed by atoms with Crippen molar-refractivity contribution in [1.82, 2.24) is 4.98 Å². The summed E-state index contributed by atoms with van der Waals surface area (Å²) in [6, 6.07) is 4.06. The summed E-state index contributed by atoms with van der Waals surface area (Å²) >= 11 is 0. The van der Waals surface area contributed by atoms with Crippen molar-refractivity contribution in [2.45, 2.75) is 26.2 Å². The summed E-state index contributed by atoms with van der Waals surface area (Å²) in [5, 5.41) is 3.37. The molecule has 0 bridgehead atoms. The lowest BCUT2D eigenvalue weighted by Crippen LogP contribution is -2.07. The van der Waals surface area contributed by atoms with Crippen molar-refractivity contribution in [2.24, 2.45) is 5.92 Å². The number of hydrogen-bond acceptors (Lipinski definition) is 3. The molecule has 3 nitrogen and oxygen atoms in total. The first-order chi connectivity index (χ1) is 7.84. The SMILES string of the molecule is Cc1cc(NCCCOCC2CC2)ccn1. The number of hydrogen-bond donors (Lipinski definition) is 1. The fourth-order valence-corrected chi connectivity index (χ4v) is 1.60. The van der Waals surface area contributed by atoms with Crippen LogP contribution >= 0.6 is 0 Å². The van der Waals surface area contributed by atoms with Gasteiger partial charge in [0, 0.05) is 37.3 Å². The Kier molecular flexibility index (Phi) is 4.17. The molecule has 0 radical (unpaired) electrons. The molecule has 1 fully saturated rings. The van der Waals surface area contributed by atoms with Gasteiger partial charge in [-0.25, -0.2) is 0 Å². The summed E-state index contributed by atoms with van der Waals surface area (Å²) in [7, 11) is 0. The molecule has 0 atom stereocenters. The zero-order valence-corrected chi connectivity index (χ0v) is 9.91. The molecule has 1 aromatic rings. The Morgan fingerprint density at radius 1 is 1.50 bits per heavy atom. The van der Waals surface area contributed by atoms with Gasteiger partial charge < -0.3 is 10.1 Å². The van der Waals surface area contributed by atoms with E-state index in [1.54, 1.807) is 0 Å². The molecule has 1 aliphatic carbocycles. The quantitative estimate of drug-likeness (QED) is 0.717. The number of rotatable bonds is 7. The maximum absolute atomic E-state index is 5.57. The molecule has 88 valence electrons. The van der Waals surface area contributed by atoms with Crippen LogP contribution in [0.3, 0.4) is 0 Å². The number of ether oxygens (including phenoxy) is 1. The molecule has 1 saturated carbocycles. The van der Waals surface area contributed by atoms with Crippen LogP contribution in [0.25, 0.3) is 0 Å². The van der Waals surface area contributed by atoms with E-state index in [0.717, 1.165) is 43.5 Å². The Morgan fingerprint density at radius 2 is 2.38 bits per heavy atom. The van der Waals surface area contributed by atoms with Gasteiger partial charge in [-0.1, -0.05) is 0 Å². The van der Waals surface area contributed by atoms with Crippen LogP contribution in [0.1, 0.15) is 25.0 Å². The highest BCUT2D eigenvalue weighted by atomic mass is 16.5. The first-order valence-corrected chi connectivity index (χ1v) is 6.09. The van der Waals surface area contributed by atoms with Crippen molar-refractivity contribution in [1.29, 1.82) is 0 Å². The van der Waals surface area contributed by atoms with Gasteiger partial charge in [-0.2, -0.15) is 0 Å². The van der Waals surface area contributed by atoms with Crippen LogP contribution in [0, 0.1) is 12.8 Å². The van der Waals surface area contributed by atoms with Crippen molar-refractivity contribution in [3.05, 3.63) is 24.0 Å². The van der Waals surface area contributed by atoms with Crippen molar-refractivity contribution in [3.63, 3.8) is 0 Å². The third-order valence-corrected chi connectivity index (χ3v) is 2.74. The van der Waals surface area contributed by atoms with Crippen LogP contribution < -0.4 is 5.32 Å². The van der Waals surface area contributed by atoms with Gasteiger partial charge in [0.25, 0.3) is 0 Å². The highest BCUT2D eigenvalue weighted by Gasteiger charge is 2.20.